The Morgan fingerprint density at radius 3 is 2.89 bits per heavy atom. The maximum absolute atomic E-state index is 11.7. The van der Waals surface area contributed by atoms with Crippen LogP contribution in [0.25, 0.3) is 6.08 Å². The summed E-state index contributed by atoms with van der Waals surface area (Å²) in [5, 5.41) is 18.6. The lowest BCUT2D eigenvalue weighted by atomic mass is 10.2. The van der Waals surface area contributed by atoms with E-state index in [9.17, 15) is 14.7 Å². The molecule has 0 bridgehead atoms. The Hall–Kier alpha value is -1.41. The lowest BCUT2D eigenvalue weighted by Crippen LogP contribution is -2.33. The van der Waals surface area contributed by atoms with Crippen LogP contribution in [0, 0.1) is 0 Å². The van der Waals surface area contributed by atoms with Gasteiger partial charge in [0, 0.05) is 18.2 Å². The molecule has 0 radical (unpaired) electrons. The molecule has 7 nitrogen and oxygen atoms in total. The molecule has 3 atom stereocenters. The van der Waals surface area contributed by atoms with Gasteiger partial charge in [-0.25, -0.2) is 4.79 Å². The summed E-state index contributed by atoms with van der Waals surface area (Å²) in [6.45, 7) is -0.343. The number of nitrogens with zero attached hydrogens (tertiary/aromatic N) is 1. The Balaban J connectivity index is 2.38. The number of ether oxygens (including phenoxy) is 1. The van der Waals surface area contributed by atoms with Crippen molar-refractivity contribution in [3.63, 3.8) is 0 Å². The van der Waals surface area contributed by atoms with Crippen LogP contribution in [0.15, 0.2) is 21.3 Å². The second kappa shape index (κ2) is 5.70. The standard InChI is InChI=1S/C11H13ClN2O5/c12-2-1-6-4-14(11(18)13-10(6)17)9-3-7(16)8(5-15)19-9/h1-2,4,7-9,15-16H,3,5H2,(H,13,17,18)/b2-1+. The van der Waals surface area contributed by atoms with Crippen molar-refractivity contribution in [2.24, 2.45) is 0 Å². The van der Waals surface area contributed by atoms with E-state index in [1.54, 1.807) is 0 Å². The minimum absolute atomic E-state index is 0.154. The van der Waals surface area contributed by atoms with Gasteiger partial charge in [0.2, 0.25) is 0 Å². The first-order valence-corrected chi connectivity index (χ1v) is 6.07. The number of hydrogen-bond donors (Lipinski definition) is 3. The van der Waals surface area contributed by atoms with Crippen molar-refractivity contribution in [3.05, 3.63) is 38.1 Å². The summed E-state index contributed by atoms with van der Waals surface area (Å²) >= 11 is 5.40. The van der Waals surface area contributed by atoms with Crippen LogP contribution in [0.5, 0.6) is 0 Å². The minimum atomic E-state index is -0.860. The highest BCUT2D eigenvalue weighted by molar-refractivity contribution is 6.27. The first-order valence-electron chi connectivity index (χ1n) is 5.63. The molecule has 1 aliphatic heterocycles. The van der Waals surface area contributed by atoms with Crippen LogP contribution in [0.3, 0.4) is 0 Å². The van der Waals surface area contributed by atoms with Crippen molar-refractivity contribution < 1.29 is 14.9 Å². The molecule has 2 heterocycles. The number of rotatable bonds is 3. The molecule has 104 valence electrons. The highest BCUT2D eigenvalue weighted by atomic mass is 35.5. The zero-order valence-electron chi connectivity index (χ0n) is 9.82. The van der Waals surface area contributed by atoms with Gasteiger partial charge in [0.05, 0.1) is 18.3 Å². The summed E-state index contributed by atoms with van der Waals surface area (Å²) in [5.74, 6) is 0. The third-order valence-electron chi connectivity index (χ3n) is 2.93. The van der Waals surface area contributed by atoms with Gasteiger partial charge in [-0.1, -0.05) is 11.6 Å². The molecule has 1 aromatic heterocycles. The molecule has 0 aromatic carbocycles. The summed E-state index contributed by atoms with van der Waals surface area (Å²) < 4.78 is 6.51. The van der Waals surface area contributed by atoms with Crippen LogP contribution >= 0.6 is 11.6 Å². The van der Waals surface area contributed by atoms with Crippen LogP contribution in [0.2, 0.25) is 0 Å². The zero-order chi connectivity index (χ0) is 14.0. The Bertz CT molecular complexity index is 593. The van der Waals surface area contributed by atoms with Crippen LogP contribution in [-0.4, -0.2) is 38.6 Å². The summed E-state index contributed by atoms with van der Waals surface area (Å²) in [5.41, 5.74) is 0.142. The predicted molar refractivity (Wildman–Crippen MR) is 67.8 cm³/mol. The number of aromatic amines is 1. The molecule has 8 heteroatoms. The number of aliphatic hydroxyl groups is 2. The molecule has 19 heavy (non-hydrogen) atoms. The topological polar surface area (TPSA) is 105 Å². The lowest BCUT2D eigenvalue weighted by molar-refractivity contribution is -0.0459. The molecular weight excluding hydrogens is 276 g/mol. The second-order valence-electron chi connectivity index (χ2n) is 4.16. The highest BCUT2D eigenvalue weighted by Crippen LogP contribution is 2.27. The number of aliphatic hydroxyl groups excluding tert-OH is 2. The Morgan fingerprint density at radius 2 is 2.32 bits per heavy atom. The summed E-state index contributed by atoms with van der Waals surface area (Å²) in [7, 11) is 0. The zero-order valence-corrected chi connectivity index (χ0v) is 10.6. The summed E-state index contributed by atoms with van der Waals surface area (Å²) in [6, 6.07) is 0. The third-order valence-corrected chi connectivity index (χ3v) is 3.06. The third kappa shape index (κ3) is 2.79. The van der Waals surface area contributed by atoms with Gasteiger partial charge in [0.25, 0.3) is 5.56 Å². The van der Waals surface area contributed by atoms with Crippen LogP contribution in [0.4, 0.5) is 0 Å². The van der Waals surface area contributed by atoms with Gasteiger partial charge < -0.3 is 14.9 Å². The normalized spacial score (nSPS) is 27.2. The Morgan fingerprint density at radius 1 is 1.58 bits per heavy atom. The fourth-order valence-corrected chi connectivity index (χ4v) is 2.09. The smallest absolute Gasteiger partial charge is 0.330 e. The van der Waals surface area contributed by atoms with Gasteiger partial charge in [0.1, 0.15) is 12.3 Å². The van der Waals surface area contributed by atoms with Crippen LogP contribution in [-0.2, 0) is 4.74 Å². The van der Waals surface area contributed by atoms with E-state index in [2.05, 4.69) is 4.98 Å². The summed E-state index contributed by atoms with van der Waals surface area (Å²) in [4.78, 5) is 25.3. The van der Waals surface area contributed by atoms with Crippen molar-refractivity contribution in [1.82, 2.24) is 9.55 Å². The largest absolute Gasteiger partial charge is 0.394 e. The van der Waals surface area contributed by atoms with Crippen molar-refractivity contribution in [3.8, 4) is 0 Å². The van der Waals surface area contributed by atoms with Gasteiger partial charge >= 0.3 is 5.69 Å². The van der Waals surface area contributed by atoms with Crippen molar-refractivity contribution in [2.45, 2.75) is 24.9 Å². The molecule has 1 fully saturated rings. The minimum Gasteiger partial charge on any atom is -0.394 e. The molecular formula is C11H13ClN2O5. The molecule has 1 aromatic rings. The van der Waals surface area contributed by atoms with Gasteiger partial charge in [-0.2, -0.15) is 0 Å². The fourth-order valence-electron chi connectivity index (χ4n) is 1.95. The maximum atomic E-state index is 11.7. The first-order chi connectivity index (χ1) is 9.06. The van der Waals surface area contributed by atoms with Gasteiger partial charge in [-0.05, 0) is 6.08 Å². The molecule has 2 rings (SSSR count). The Kier molecular flexibility index (Phi) is 4.20. The molecule has 0 saturated carbocycles. The average Bonchev–Trinajstić information content (AvgIpc) is 2.74. The lowest BCUT2D eigenvalue weighted by Gasteiger charge is -2.14. The van der Waals surface area contributed by atoms with Crippen LogP contribution in [0.1, 0.15) is 18.2 Å². The molecule has 0 aliphatic carbocycles. The SMILES string of the molecule is O=c1[nH]c(=O)n(C2CC(O)C(CO)O2)cc1/C=C/Cl. The second-order valence-corrected chi connectivity index (χ2v) is 4.41. The monoisotopic (exact) mass is 288 g/mol. The van der Waals surface area contributed by atoms with Gasteiger partial charge in [-0.3, -0.25) is 14.3 Å². The Labute approximate surface area is 112 Å². The number of hydrogen-bond acceptors (Lipinski definition) is 5. The average molecular weight is 289 g/mol. The van der Waals surface area contributed by atoms with E-state index in [4.69, 9.17) is 21.4 Å². The van der Waals surface area contributed by atoms with Crippen molar-refractivity contribution >= 4 is 17.7 Å². The van der Waals surface area contributed by atoms with E-state index in [1.165, 1.54) is 12.3 Å². The summed E-state index contributed by atoms with van der Waals surface area (Å²) in [6.07, 6.45) is 0.458. The number of aromatic nitrogens is 2. The molecule has 0 amide bonds. The van der Waals surface area contributed by atoms with Crippen molar-refractivity contribution in [1.29, 1.82) is 0 Å². The predicted octanol–water partition coefficient (Wildman–Crippen LogP) is -0.613. The molecule has 0 spiro atoms. The van der Waals surface area contributed by atoms with Gasteiger partial charge in [-0.15, -0.1) is 0 Å². The molecule has 3 unspecified atom stereocenters. The number of nitrogens with one attached hydrogen (secondary N) is 1. The van der Waals surface area contributed by atoms with E-state index in [0.717, 1.165) is 10.1 Å². The molecule has 1 saturated heterocycles. The molecule has 3 N–H and O–H groups in total. The molecule has 1 aliphatic rings. The van der Waals surface area contributed by atoms with E-state index < -0.39 is 29.7 Å². The highest BCUT2D eigenvalue weighted by Gasteiger charge is 2.35. The van der Waals surface area contributed by atoms with E-state index in [1.807, 2.05) is 0 Å². The van der Waals surface area contributed by atoms with Gasteiger partial charge in [0.15, 0.2) is 0 Å². The van der Waals surface area contributed by atoms with E-state index in [-0.39, 0.29) is 18.6 Å². The maximum Gasteiger partial charge on any atom is 0.330 e. The number of halogens is 1. The fraction of sp³-hybridized carbons (Fsp3) is 0.455. The quantitative estimate of drug-likeness (QED) is 0.688. The first kappa shape index (κ1) is 14.0. The van der Waals surface area contributed by atoms with Crippen LogP contribution < -0.4 is 11.2 Å². The van der Waals surface area contributed by atoms with E-state index in [0.29, 0.717) is 0 Å². The van der Waals surface area contributed by atoms with Crippen molar-refractivity contribution in [2.75, 3.05) is 6.61 Å². The van der Waals surface area contributed by atoms with E-state index >= 15 is 0 Å². The number of H-pyrrole nitrogens is 1.